The van der Waals surface area contributed by atoms with Gasteiger partial charge in [0.25, 0.3) is 11.8 Å². The maximum atomic E-state index is 13.1. The van der Waals surface area contributed by atoms with E-state index >= 15 is 0 Å². The third-order valence-electron chi connectivity index (χ3n) is 5.12. The minimum atomic E-state index is -4.61. The molecule has 1 aliphatic rings. The highest BCUT2D eigenvalue weighted by Crippen LogP contribution is 2.36. The molecule has 1 saturated heterocycles. The lowest BCUT2D eigenvalue weighted by atomic mass is 10.1. The average Bonchev–Trinajstić information content (AvgIpc) is 3.47. The van der Waals surface area contributed by atoms with Gasteiger partial charge in [0.05, 0.1) is 36.1 Å². The van der Waals surface area contributed by atoms with Crippen molar-refractivity contribution >= 4 is 51.9 Å². The Morgan fingerprint density at radius 3 is 2.65 bits per heavy atom. The fourth-order valence-electron chi connectivity index (χ4n) is 3.41. The van der Waals surface area contributed by atoms with Gasteiger partial charge in [0.2, 0.25) is 0 Å². The van der Waals surface area contributed by atoms with E-state index in [1.54, 1.807) is 30.3 Å². The fourth-order valence-corrected chi connectivity index (χ4v) is 4.66. The van der Waals surface area contributed by atoms with Gasteiger partial charge in [-0.15, -0.1) is 0 Å². The molecule has 0 bridgehead atoms. The lowest BCUT2D eigenvalue weighted by molar-refractivity contribution is -0.137. The molecule has 0 saturated carbocycles. The number of ether oxygens (including phenoxy) is 2. The number of thioether (sulfide) groups is 1. The van der Waals surface area contributed by atoms with Gasteiger partial charge in [-0.05, 0) is 48.0 Å². The first-order chi connectivity index (χ1) is 17.7. The van der Waals surface area contributed by atoms with E-state index < -0.39 is 24.3 Å². The molecule has 37 heavy (non-hydrogen) atoms. The first-order valence-corrected chi connectivity index (χ1v) is 11.9. The van der Waals surface area contributed by atoms with Crippen molar-refractivity contribution in [1.82, 2.24) is 4.90 Å². The number of nitrogens with zero attached hydrogens (tertiary/aromatic N) is 1. The normalized spacial score (nSPS) is 14.8. The minimum Gasteiger partial charge on any atom is -0.493 e. The van der Waals surface area contributed by atoms with Crippen molar-refractivity contribution in [2.75, 3.05) is 19.0 Å². The molecular formula is C25H19F3N2O5S2. The summed E-state index contributed by atoms with van der Waals surface area (Å²) in [6.45, 7) is -0.325. The summed E-state index contributed by atoms with van der Waals surface area (Å²) >= 11 is 6.48. The standard InChI is InChI=1S/C25H19F3N2O5S2/c1-33-20-11-15(12-21-23(32)30(24(36)37-21)13-16-5-4-10-34-16)8-9-19(20)35-14-22(31)29-18-7-3-2-6-17(18)25(26,27)28/h2-12H,13-14H2,1H3,(H,29,31)/b21-12-. The van der Waals surface area contributed by atoms with Crippen molar-refractivity contribution in [2.45, 2.75) is 12.7 Å². The van der Waals surface area contributed by atoms with Crippen LogP contribution in [0.15, 0.2) is 70.2 Å². The van der Waals surface area contributed by atoms with Crippen molar-refractivity contribution in [3.63, 3.8) is 0 Å². The second kappa shape index (κ2) is 11.1. The molecule has 1 aromatic heterocycles. The van der Waals surface area contributed by atoms with E-state index in [0.29, 0.717) is 20.5 Å². The van der Waals surface area contributed by atoms with Crippen LogP contribution in [0.4, 0.5) is 18.9 Å². The highest BCUT2D eigenvalue weighted by Gasteiger charge is 2.34. The number of hydrogen-bond donors (Lipinski definition) is 1. The van der Waals surface area contributed by atoms with Gasteiger partial charge < -0.3 is 19.2 Å². The van der Waals surface area contributed by atoms with Crippen LogP contribution in [0.3, 0.4) is 0 Å². The maximum Gasteiger partial charge on any atom is 0.418 e. The predicted molar refractivity (Wildman–Crippen MR) is 136 cm³/mol. The number of hydrogen-bond acceptors (Lipinski definition) is 7. The minimum absolute atomic E-state index is 0.198. The van der Waals surface area contributed by atoms with Crippen molar-refractivity contribution in [3.05, 3.63) is 82.7 Å². The first-order valence-electron chi connectivity index (χ1n) is 10.7. The van der Waals surface area contributed by atoms with Crippen LogP contribution < -0.4 is 14.8 Å². The largest absolute Gasteiger partial charge is 0.493 e. The number of carbonyl (C=O) groups is 2. The summed E-state index contributed by atoms with van der Waals surface area (Å²) < 4.78 is 55.9. The van der Waals surface area contributed by atoms with E-state index in [0.717, 1.165) is 23.9 Å². The number of amides is 2. The molecule has 1 fully saturated rings. The molecule has 0 spiro atoms. The first kappa shape index (κ1) is 26.3. The third-order valence-corrected chi connectivity index (χ3v) is 6.50. The Bertz CT molecular complexity index is 1360. The summed E-state index contributed by atoms with van der Waals surface area (Å²) in [6, 6.07) is 12.9. The smallest absolute Gasteiger partial charge is 0.418 e. The number of nitrogens with one attached hydrogen (secondary N) is 1. The molecule has 2 aromatic carbocycles. The molecule has 2 heterocycles. The van der Waals surface area contributed by atoms with E-state index in [1.807, 2.05) is 0 Å². The van der Waals surface area contributed by atoms with Crippen molar-refractivity contribution < 1.29 is 36.7 Å². The Labute approximate surface area is 219 Å². The number of furan rings is 1. The fraction of sp³-hybridized carbons (Fsp3) is 0.160. The second-order valence-corrected chi connectivity index (χ2v) is 9.31. The van der Waals surface area contributed by atoms with E-state index in [-0.39, 0.29) is 29.6 Å². The zero-order valence-electron chi connectivity index (χ0n) is 19.2. The van der Waals surface area contributed by atoms with E-state index in [1.165, 1.54) is 36.5 Å². The second-order valence-electron chi connectivity index (χ2n) is 7.64. The van der Waals surface area contributed by atoms with Crippen LogP contribution in [0.2, 0.25) is 0 Å². The molecule has 1 N–H and O–H groups in total. The summed E-state index contributed by atoms with van der Waals surface area (Å²) in [5.74, 6) is 0.0313. The highest BCUT2D eigenvalue weighted by atomic mass is 32.2. The highest BCUT2D eigenvalue weighted by molar-refractivity contribution is 8.26. The molecule has 12 heteroatoms. The zero-order valence-corrected chi connectivity index (χ0v) is 20.8. The van der Waals surface area contributed by atoms with Crippen LogP contribution in [0, 0.1) is 0 Å². The number of anilines is 1. The van der Waals surface area contributed by atoms with Crippen molar-refractivity contribution in [2.24, 2.45) is 0 Å². The van der Waals surface area contributed by atoms with Crippen molar-refractivity contribution in [3.8, 4) is 11.5 Å². The molecule has 0 atom stereocenters. The van der Waals surface area contributed by atoms with Crippen molar-refractivity contribution in [1.29, 1.82) is 0 Å². The number of benzene rings is 2. The summed E-state index contributed by atoms with van der Waals surface area (Å²) in [5, 5.41) is 2.22. The Morgan fingerprint density at radius 2 is 1.95 bits per heavy atom. The summed E-state index contributed by atoms with van der Waals surface area (Å²) in [4.78, 5) is 26.9. The van der Waals surface area contributed by atoms with Gasteiger partial charge in [-0.3, -0.25) is 14.5 Å². The molecule has 0 aliphatic carbocycles. The average molecular weight is 549 g/mol. The Hall–Kier alpha value is -3.77. The number of rotatable bonds is 8. The molecule has 0 unspecified atom stereocenters. The number of methoxy groups -OCH3 is 1. The molecule has 2 amide bonds. The maximum absolute atomic E-state index is 13.1. The van der Waals surface area contributed by atoms with Gasteiger partial charge in [-0.2, -0.15) is 13.2 Å². The van der Waals surface area contributed by atoms with Gasteiger partial charge in [0.1, 0.15) is 10.1 Å². The molecule has 3 aromatic rings. The van der Waals surface area contributed by atoms with Gasteiger partial charge in [0, 0.05) is 0 Å². The Balaban J connectivity index is 1.42. The van der Waals surface area contributed by atoms with Gasteiger partial charge in [-0.1, -0.05) is 42.2 Å². The van der Waals surface area contributed by atoms with E-state index in [9.17, 15) is 22.8 Å². The van der Waals surface area contributed by atoms with Gasteiger partial charge in [-0.25, -0.2) is 0 Å². The SMILES string of the molecule is COc1cc(/C=C2\SC(=S)N(Cc3ccco3)C2=O)ccc1OCC(=O)Nc1ccccc1C(F)(F)F. The molecule has 4 rings (SSSR count). The summed E-state index contributed by atoms with van der Waals surface area (Å²) in [5.41, 5.74) is -0.707. The number of alkyl halides is 3. The van der Waals surface area contributed by atoms with Crippen LogP contribution in [-0.2, 0) is 22.3 Å². The van der Waals surface area contributed by atoms with Crippen LogP contribution in [0.25, 0.3) is 6.08 Å². The van der Waals surface area contributed by atoms with Crippen LogP contribution in [0.1, 0.15) is 16.9 Å². The topological polar surface area (TPSA) is 81.0 Å². The van der Waals surface area contributed by atoms with Gasteiger partial charge >= 0.3 is 6.18 Å². The van der Waals surface area contributed by atoms with Crippen LogP contribution >= 0.6 is 24.0 Å². The number of thiocarbonyl (C=S) groups is 1. The monoisotopic (exact) mass is 548 g/mol. The lowest BCUT2D eigenvalue weighted by Crippen LogP contribution is -2.27. The molecule has 192 valence electrons. The molecule has 7 nitrogen and oxygen atoms in total. The third kappa shape index (κ3) is 6.33. The van der Waals surface area contributed by atoms with Gasteiger partial charge in [0.15, 0.2) is 18.1 Å². The van der Waals surface area contributed by atoms with E-state index in [2.05, 4.69) is 5.32 Å². The number of carbonyl (C=O) groups excluding carboxylic acids is 2. The quantitative estimate of drug-likeness (QED) is 0.285. The van der Waals surface area contributed by atoms with E-state index in [4.69, 9.17) is 26.1 Å². The summed E-state index contributed by atoms with van der Waals surface area (Å²) in [6.07, 6.45) is -1.45. The zero-order chi connectivity index (χ0) is 26.6. The Kier molecular flexibility index (Phi) is 7.89. The lowest BCUT2D eigenvalue weighted by Gasteiger charge is -2.14. The van der Waals surface area contributed by atoms with Crippen LogP contribution in [-0.4, -0.2) is 34.8 Å². The number of halogens is 3. The molecule has 0 radical (unpaired) electrons. The Morgan fingerprint density at radius 1 is 1.16 bits per heavy atom. The summed E-state index contributed by atoms with van der Waals surface area (Å²) in [7, 11) is 1.40. The van der Waals surface area contributed by atoms with Crippen LogP contribution in [0.5, 0.6) is 11.5 Å². The predicted octanol–water partition coefficient (Wildman–Crippen LogP) is 5.73. The molecule has 1 aliphatic heterocycles. The molecular weight excluding hydrogens is 529 g/mol. The number of para-hydroxylation sites is 1.